The molecule has 0 amide bonds. The van der Waals surface area contributed by atoms with Crippen LogP contribution in [0, 0.1) is 0 Å². The highest BCUT2D eigenvalue weighted by molar-refractivity contribution is 5.96. The van der Waals surface area contributed by atoms with Crippen LogP contribution in [0.25, 0.3) is 0 Å². The molecule has 1 saturated carbocycles. The standard InChI is InChI=1S/C17H19NO9/c1-24-16-11(17(23)25-2)7(4-10-15(16)27-6-26-10)8-3-9(20)13(21)14(22)12(8)18-5-19/h4,8-9,12-14,20-22H,3,6H2,1-2H3/t8-,9+,12-,13-,14+/m1/s1. The van der Waals surface area contributed by atoms with E-state index in [4.69, 9.17) is 18.9 Å². The van der Waals surface area contributed by atoms with Crippen LogP contribution in [0.15, 0.2) is 11.1 Å². The Morgan fingerprint density at radius 1 is 1.26 bits per heavy atom. The zero-order valence-electron chi connectivity index (χ0n) is 14.6. The first-order chi connectivity index (χ1) is 12.9. The number of aliphatic hydroxyl groups is 3. The number of hydrogen-bond acceptors (Lipinski definition) is 10. The van der Waals surface area contributed by atoms with Crippen LogP contribution < -0.4 is 14.2 Å². The molecule has 1 heterocycles. The maximum Gasteiger partial charge on any atom is 0.342 e. The van der Waals surface area contributed by atoms with E-state index in [9.17, 15) is 24.9 Å². The van der Waals surface area contributed by atoms with Gasteiger partial charge in [0.05, 0.1) is 26.4 Å². The second kappa shape index (κ2) is 7.53. The van der Waals surface area contributed by atoms with Gasteiger partial charge in [0.25, 0.3) is 0 Å². The van der Waals surface area contributed by atoms with Crippen molar-refractivity contribution in [1.82, 2.24) is 0 Å². The third-order valence-electron chi connectivity index (χ3n) is 4.85. The lowest BCUT2D eigenvalue weighted by Crippen LogP contribution is -2.52. The number of rotatable bonds is 4. The monoisotopic (exact) mass is 381 g/mol. The summed E-state index contributed by atoms with van der Waals surface area (Å²) >= 11 is 0. The number of nitrogens with zero attached hydrogens (tertiary/aromatic N) is 1. The van der Waals surface area contributed by atoms with Gasteiger partial charge < -0.3 is 34.3 Å². The van der Waals surface area contributed by atoms with Crippen LogP contribution in [-0.4, -0.2) is 72.7 Å². The van der Waals surface area contributed by atoms with Crippen molar-refractivity contribution in [2.24, 2.45) is 4.99 Å². The number of methoxy groups -OCH3 is 2. The van der Waals surface area contributed by atoms with Crippen LogP contribution in [0.5, 0.6) is 17.2 Å². The molecule has 0 spiro atoms. The summed E-state index contributed by atoms with van der Waals surface area (Å²) in [6.45, 7) is -0.0830. The minimum atomic E-state index is -1.54. The Kier molecular flexibility index (Phi) is 5.33. The van der Waals surface area contributed by atoms with Crippen molar-refractivity contribution in [3.05, 3.63) is 17.2 Å². The minimum absolute atomic E-state index is 0.00358. The summed E-state index contributed by atoms with van der Waals surface area (Å²) in [6, 6.07) is 0.348. The lowest BCUT2D eigenvalue weighted by molar-refractivity contribution is -0.0984. The molecule has 146 valence electrons. The Bertz CT molecular complexity index is 789. The van der Waals surface area contributed by atoms with Gasteiger partial charge >= 0.3 is 5.97 Å². The first kappa shape index (κ1) is 19.1. The molecule has 1 aliphatic carbocycles. The summed E-state index contributed by atoms with van der Waals surface area (Å²) < 4.78 is 20.9. The molecule has 3 N–H and O–H groups in total. The van der Waals surface area contributed by atoms with Gasteiger partial charge in [-0.05, 0) is 18.1 Å². The molecular formula is C17H19NO9. The Morgan fingerprint density at radius 2 is 2.00 bits per heavy atom. The number of fused-ring (bicyclic) bond motifs is 1. The molecule has 0 saturated heterocycles. The molecule has 27 heavy (non-hydrogen) atoms. The maximum atomic E-state index is 12.5. The Labute approximate surface area is 153 Å². The van der Waals surface area contributed by atoms with Crippen LogP contribution >= 0.6 is 0 Å². The number of aliphatic imine (C=N–C) groups is 1. The average molecular weight is 381 g/mol. The lowest BCUT2D eigenvalue weighted by Gasteiger charge is -2.39. The van der Waals surface area contributed by atoms with Gasteiger partial charge in [-0.25, -0.2) is 9.59 Å². The van der Waals surface area contributed by atoms with Gasteiger partial charge in [-0.1, -0.05) is 0 Å². The second-order valence-corrected chi connectivity index (χ2v) is 6.20. The van der Waals surface area contributed by atoms with E-state index in [0.29, 0.717) is 5.75 Å². The van der Waals surface area contributed by atoms with Crippen molar-refractivity contribution in [2.45, 2.75) is 36.7 Å². The Balaban J connectivity index is 2.22. The second-order valence-electron chi connectivity index (χ2n) is 6.20. The van der Waals surface area contributed by atoms with Gasteiger partial charge in [0.1, 0.15) is 17.8 Å². The molecule has 10 nitrogen and oxygen atoms in total. The summed E-state index contributed by atoms with van der Waals surface area (Å²) in [5, 5.41) is 30.3. The first-order valence-corrected chi connectivity index (χ1v) is 8.14. The molecule has 0 aromatic heterocycles. The number of benzene rings is 1. The topological polar surface area (TPSA) is 144 Å². The van der Waals surface area contributed by atoms with E-state index in [0.717, 1.165) is 0 Å². The third-order valence-corrected chi connectivity index (χ3v) is 4.85. The Hall–Kier alpha value is -2.65. The third kappa shape index (κ3) is 3.13. The van der Waals surface area contributed by atoms with Crippen LogP contribution in [-0.2, 0) is 9.53 Å². The largest absolute Gasteiger partial charge is 0.492 e. The van der Waals surface area contributed by atoms with E-state index >= 15 is 0 Å². The lowest BCUT2D eigenvalue weighted by atomic mass is 9.74. The number of ether oxygens (including phenoxy) is 4. The highest BCUT2D eigenvalue weighted by Gasteiger charge is 2.46. The molecule has 5 atom stereocenters. The molecule has 3 rings (SSSR count). The van der Waals surface area contributed by atoms with Crippen LogP contribution in [0.2, 0.25) is 0 Å². The van der Waals surface area contributed by atoms with E-state index in [2.05, 4.69) is 4.99 Å². The zero-order valence-corrected chi connectivity index (χ0v) is 14.6. The predicted molar refractivity (Wildman–Crippen MR) is 87.7 cm³/mol. The maximum absolute atomic E-state index is 12.5. The van der Waals surface area contributed by atoms with Gasteiger partial charge in [-0.2, -0.15) is 4.99 Å². The van der Waals surface area contributed by atoms with Crippen LogP contribution in [0.4, 0.5) is 0 Å². The van der Waals surface area contributed by atoms with Crippen LogP contribution in [0.1, 0.15) is 28.3 Å². The van der Waals surface area contributed by atoms with Crippen LogP contribution in [0.3, 0.4) is 0 Å². The molecule has 2 aliphatic rings. The van der Waals surface area contributed by atoms with Crippen molar-refractivity contribution in [1.29, 1.82) is 0 Å². The quantitative estimate of drug-likeness (QED) is 0.356. The highest BCUT2D eigenvalue weighted by Crippen LogP contribution is 2.49. The summed E-state index contributed by atoms with van der Waals surface area (Å²) in [5.74, 6) is -0.996. The van der Waals surface area contributed by atoms with Gasteiger partial charge in [-0.15, -0.1) is 0 Å². The fourth-order valence-corrected chi connectivity index (χ4v) is 3.58. The zero-order chi connectivity index (χ0) is 19.7. The van der Waals surface area contributed by atoms with E-state index < -0.39 is 36.2 Å². The molecule has 1 aromatic rings. The Morgan fingerprint density at radius 3 is 2.63 bits per heavy atom. The molecule has 0 radical (unpaired) electrons. The summed E-state index contributed by atoms with van der Waals surface area (Å²) in [6.07, 6.45) is -3.06. The van der Waals surface area contributed by atoms with E-state index in [1.165, 1.54) is 26.4 Å². The molecule has 0 bridgehead atoms. The fourth-order valence-electron chi connectivity index (χ4n) is 3.58. The summed E-state index contributed by atoms with van der Waals surface area (Å²) in [7, 11) is 2.52. The highest BCUT2D eigenvalue weighted by atomic mass is 16.7. The minimum Gasteiger partial charge on any atom is -0.492 e. The SMILES string of the molecule is COC(=O)c1c([C@H]2C[C@H](O)[C@@H](O)[C@@H](O)[C@@H]2N=C=O)cc2c(c1OC)OCO2. The number of hydrogen-bond donors (Lipinski definition) is 3. The smallest absolute Gasteiger partial charge is 0.342 e. The molecule has 0 unspecified atom stereocenters. The molecule has 10 heteroatoms. The van der Waals surface area contributed by atoms with Gasteiger partial charge in [0.2, 0.25) is 18.6 Å². The van der Waals surface area contributed by atoms with E-state index in [-0.39, 0.29) is 35.8 Å². The summed E-state index contributed by atoms with van der Waals surface area (Å²) in [5.41, 5.74) is 0.271. The van der Waals surface area contributed by atoms with E-state index in [1.54, 1.807) is 0 Å². The van der Waals surface area contributed by atoms with Gasteiger partial charge in [-0.3, -0.25) is 0 Å². The van der Waals surface area contributed by atoms with Crippen molar-refractivity contribution in [2.75, 3.05) is 21.0 Å². The molecule has 1 aliphatic heterocycles. The number of carbonyl (C=O) groups excluding carboxylic acids is 2. The molecular weight excluding hydrogens is 362 g/mol. The van der Waals surface area contributed by atoms with Crippen molar-refractivity contribution in [3.8, 4) is 17.2 Å². The number of esters is 1. The number of isocyanates is 1. The predicted octanol–water partition coefficient (Wildman–Crippen LogP) is -0.515. The fraction of sp³-hybridized carbons (Fsp3) is 0.529. The first-order valence-electron chi connectivity index (χ1n) is 8.14. The molecule has 1 fully saturated rings. The number of aliphatic hydroxyl groups excluding tert-OH is 3. The van der Waals surface area contributed by atoms with Gasteiger partial charge in [0, 0.05) is 5.92 Å². The van der Waals surface area contributed by atoms with Gasteiger partial charge in [0.15, 0.2) is 11.5 Å². The summed E-state index contributed by atoms with van der Waals surface area (Å²) in [4.78, 5) is 26.9. The number of carbonyl (C=O) groups is 1. The van der Waals surface area contributed by atoms with Crippen molar-refractivity contribution >= 4 is 12.0 Å². The molecule has 1 aromatic carbocycles. The van der Waals surface area contributed by atoms with E-state index in [1.807, 2.05) is 0 Å². The van der Waals surface area contributed by atoms with Crippen molar-refractivity contribution < 1.29 is 43.9 Å². The average Bonchev–Trinajstić information content (AvgIpc) is 3.14. The van der Waals surface area contributed by atoms with Crippen molar-refractivity contribution in [3.63, 3.8) is 0 Å². The normalized spacial score (nSPS) is 29.0.